The van der Waals surface area contributed by atoms with E-state index in [2.05, 4.69) is 0 Å². The smallest absolute Gasteiger partial charge is 0.320 e. The fourth-order valence-electron chi connectivity index (χ4n) is 2.72. The maximum absolute atomic E-state index is 12.3. The first kappa shape index (κ1) is 14.1. The molecular weight excluding hydrogens is 248 g/mol. The summed E-state index contributed by atoms with van der Waals surface area (Å²) in [6.45, 7) is 5.37. The fourth-order valence-corrected chi connectivity index (χ4v) is 2.72. The summed E-state index contributed by atoms with van der Waals surface area (Å²) in [5, 5.41) is 19.0. The summed E-state index contributed by atoms with van der Waals surface area (Å²) in [5.41, 5.74) is -0.836. The number of aliphatic hydroxyl groups excluding tert-OH is 1. The number of hydrogen-bond donors (Lipinski definition) is 2. The number of likely N-dealkylation sites (tertiary alicyclic amines) is 2. The number of amides is 2. The van der Waals surface area contributed by atoms with Crippen molar-refractivity contribution in [2.24, 2.45) is 11.3 Å². The second-order valence-electron chi connectivity index (χ2n) is 6.10. The lowest BCUT2D eigenvalue weighted by Crippen LogP contribution is -2.51. The summed E-state index contributed by atoms with van der Waals surface area (Å²) in [7, 11) is 0. The van der Waals surface area contributed by atoms with Gasteiger partial charge < -0.3 is 20.0 Å². The molecule has 0 aliphatic carbocycles. The molecule has 19 heavy (non-hydrogen) atoms. The molecule has 2 rings (SSSR count). The highest BCUT2D eigenvalue weighted by atomic mass is 16.4. The van der Waals surface area contributed by atoms with Crippen LogP contribution >= 0.6 is 0 Å². The molecule has 0 aromatic carbocycles. The van der Waals surface area contributed by atoms with Crippen molar-refractivity contribution in [1.82, 2.24) is 9.80 Å². The quantitative estimate of drug-likeness (QED) is 0.731. The van der Waals surface area contributed by atoms with E-state index >= 15 is 0 Å². The molecule has 0 bridgehead atoms. The molecule has 0 aromatic rings. The number of aliphatic carboxylic acids is 1. The average molecular weight is 270 g/mol. The molecule has 2 saturated heterocycles. The molecule has 2 amide bonds. The van der Waals surface area contributed by atoms with Crippen LogP contribution in [0.4, 0.5) is 4.79 Å². The Labute approximate surface area is 113 Å². The summed E-state index contributed by atoms with van der Waals surface area (Å²) in [5.74, 6) is -0.637. The lowest BCUT2D eigenvalue weighted by Gasteiger charge is -2.36. The highest BCUT2D eigenvalue weighted by Gasteiger charge is 2.43. The van der Waals surface area contributed by atoms with Gasteiger partial charge in [0.15, 0.2) is 0 Å². The zero-order valence-corrected chi connectivity index (χ0v) is 11.5. The van der Waals surface area contributed by atoms with Crippen molar-refractivity contribution in [3.05, 3.63) is 0 Å². The van der Waals surface area contributed by atoms with Gasteiger partial charge >= 0.3 is 12.0 Å². The number of rotatable bonds is 1. The highest BCUT2D eigenvalue weighted by Crippen LogP contribution is 2.31. The van der Waals surface area contributed by atoms with Gasteiger partial charge in [0.2, 0.25) is 0 Å². The van der Waals surface area contributed by atoms with Gasteiger partial charge in [-0.05, 0) is 25.7 Å². The molecule has 108 valence electrons. The van der Waals surface area contributed by atoms with E-state index < -0.39 is 17.5 Å². The van der Waals surface area contributed by atoms with Crippen molar-refractivity contribution >= 4 is 12.0 Å². The monoisotopic (exact) mass is 270 g/mol. The van der Waals surface area contributed by atoms with Gasteiger partial charge in [-0.3, -0.25) is 4.79 Å². The molecule has 2 heterocycles. The van der Waals surface area contributed by atoms with Crippen molar-refractivity contribution < 1.29 is 19.8 Å². The SMILES string of the molecule is CC1CCN(C(=O)N2CCC(C)(C(=O)O)C2)CC1O. The molecule has 3 atom stereocenters. The molecule has 0 saturated carbocycles. The first-order chi connectivity index (χ1) is 8.83. The molecule has 2 N–H and O–H groups in total. The first-order valence-corrected chi connectivity index (χ1v) is 6.79. The van der Waals surface area contributed by atoms with Gasteiger partial charge in [0.1, 0.15) is 0 Å². The third-order valence-corrected chi connectivity index (χ3v) is 4.45. The zero-order chi connectivity index (χ0) is 14.2. The number of carboxylic acids is 1. The Morgan fingerprint density at radius 3 is 2.47 bits per heavy atom. The van der Waals surface area contributed by atoms with Crippen LogP contribution in [0.15, 0.2) is 0 Å². The molecule has 0 aromatic heterocycles. The number of carboxylic acid groups (broad SMARTS) is 1. The Balaban J connectivity index is 1.97. The number of hydrogen-bond acceptors (Lipinski definition) is 3. The summed E-state index contributed by atoms with van der Waals surface area (Å²) in [6.07, 6.45) is 0.795. The Bertz CT molecular complexity index is 387. The molecule has 2 aliphatic rings. The summed E-state index contributed by atoms with van der Waals surface area (Å²) < 4.78 is 0. The largest absolute Gasteiger partial charge is 0.481 e. The normalized spacial score (nSPS) is 35.5. The standard InChI is InChI=1S/C13H22N2O4/c1-9-3-5-14(7-10(9)16)12(19)15-6-4-13(2,8-15)11(17)18/h9-10,16H,3-8H2,1-2H3,(H,17,18). The van der Waals surface area contributed by atoms with E-state index in [1.54, 1.807) is 16.7 Å². The van der Waals surface area contributed by atoms with E-state index in [4.69, 9.17) is 5.11 Å². The minimum absolute atomic E-state index is 0.143. The van der Waals surface area contributed by atoms with E-state index in [1.807, 2.05) is 6.92 Å². The number of carbonyl (C=O) groups is 2. The van der Waals surface area contributed by atoms with E-state index in [0.717, 1.165) is 6.42 Å². The third kappa shape index (κ3) is 2.68. The second-order valence-corrected chi connectivity index (χ2v) is 6.10. The predicted molar refractivity (Wildman–Crippen MR) is 68.7 cm³/mol. The Morgan fingerprint density at radius 1 is 1.26 bits per heavy atom. The number of piperidine rings is 1. The van der Waals surface area contributed by atoms with Crippen molar-refractivity contribution in [3.8, 4) is 0 Å². The molecule has 3 unspecified atom stereocenters. The molecule has 2 aliphatic heterocycles. The number of nitrogens with zero attached hydrogens (tertiary/aromatic N) is 2. The number of carbonyl (C=O) groups excluding carboxylic acids is 1. The number of urea groups is 1. The third-order valence-electron chi connectivity index (χ3n) is 4.45. The molecule has 0 spiro atoms. The van der Waals surface area contributed by atoms with E-state index in [9.17, 15) is 14.7 Å². The van der Waals surface area contributed by atoms with E-state index in [0.29, 0.717) is 26.1 Å². The highest BCUT2D eigenvalue weighted by molar-refractivity contribution is 5.79. The summed E-state index contributed by atoms with van der Waals surface area (Å²) in [6, 6.07) is -0.143. The van der Waals surface area contributed by atoms with Gasteiger partial charge in [0.05, 0.1) is 11.5 Å². The van der Waals surface area contributed by atoms with Crippen LogP contribution in [0.5, 0.6) is 0 Å². The van der Waals surface area contributed by atoms with Crippen LogP contribution in [0.1, 0.15) is 26.7 Å². The van der Waals surface area contributed by atoms with Crippen molar-refractivity contribution in [3.63, 3.8) is 0 Å². The Hall–Kier alpha value is -1.30. The van der Waals surface area contributed by atoms with Crippen LogP contribution in [0, 0.1) is 11.3 Å². The van der Waals surface area contributed by atoms with Gasteiger partial charge in [-0.1, -0.05) is 6.92 Å². The molecule has 6 heteroatoms. The van der Waals surface area contributed by atoms with Crippen LogP contribution in [-0.4, -0.2) is 64.3 Å². The lowest BCUT2D eigenvalue weighted by atomic mass is 9.90. The van der Waals surface area contributed by atoms with Gasteiger partial charge in [-0.25, -0.2) is 4.79 Å². The van der Waals surface area contributed by atoms with Gasteiger partial charge in [-0.2, -0.15) is 0 Å². The van der Waals surface area contributed by atoms with Crippen LogP contribution in [-0.2, 0) is 4.79 Å². The second kappa shape index (κ2) is 5.00. The van der Waals surface area contributed by atoms with Crippen molar-refractivity contribution in [2.75, 3.05) is 26.2 Å². The maximum Gasteiger partial charge on any atom is 0.320 e. The van der Waals surface area contributed by atoms with E-state index in [1.165, 1.54) is 0 Å². The predicted octanol–water partition coefficient (Wildman–Crippen LogP) is 0.606. The number of aliphatic hydroxyl groups is 1. The first-order valence-electron chi connectivity index (χ1n) is 6.79. The summed E-state index contributed by atoms with van der Waals surface area (Å²) in [4.78, 5) is 26.7. The Kier molecular flexibility index (Phi) is 3.71. The van der Waals surface area contributed by atoms with Gasteiger partial charge in [0.25, 0.3) is 0 Å². The zero-order valence-electron chi connectivity index (χ0n) is 11.5. The van der Waals surface area contributed by atoms with Crippen LogP contribution in [0.25, 0.3) is 0 Å². The number of β-amino-alcohol motifs (C(OH)–C–C–N with tert-alkyl or cyclic N) is 1. The molecule has 6 nitrogen and oxygen atoms in total. The van der Waals surface area contributed by atoms with Gasteiger partial charge in [0, 0.05) is 26.2 Å². The molecule has 2 fully saturated rings. The summed E-state index contributed by atoms with van der Waals surface area (Å²) >= 11 is 0. The maximum atomic E-state index is 12.3. The van der Waals surface area contributed by atoms with Gasteiger partial charge in [-0.15, -0.1) is 0 Å². The lowest BCUT2D eigenvalue weighted by molar-refractivity contribution is -0.147. The van der Waals surface area contributed by atoms with E-state index in [-0.39, 0.29) is 18.5 Å². The minimum Gasteiger partial charge on any atom is -0.481 e. The minimum atomic E-state index is -0.852. The fraction of sp³-hybridized carbons (Fsp3) is 0.846. The Morgan fingerprint density at radius 2 is 1.95 bits per heavy atom. The van der Waals surface area contributed by atoms with Crippen LogP contribution in [0.3, 0.4) is 0 Å². The van der Waals surface area contributed by atoms with Crippen LogP contribution in [0.2, 0.25) is 0 Å². The topological polar surface area (TPSA) is 81.1 Å². The van der Waals surface area contributed by atoms with Crippen molar-refractivity contribution in [1.29, 1.82) is 0 Å². The average Bonchev–Trinajstić information content (AvgIpc) is 2.76. The van der Waals surface area contributed by atoms with Crippen molar-refractivity contribution in [2.45, 2.75) is 32.8 Å². The molecular formula is C13H22N2O4. The van der Waals surface area contributed by atoms with Crippen LogP contribution < -0.4 is 0 Å². The molecule has 0 radical (unpaired) electrons.